The van der Waals surface area contributed by atoms with Gasteiger partial charge in [0.25, 0.3) is 0 Å². The zero-order chi connectivity index (χ0) is 18.8. The number of aromatic nitrogens is 3. The van der Waals surface area contributed by atoms with Crippen LogP contribution in [0.1, 0.15) is 36.7 Å². The van der Waals surface area contributed by atoms with Crippen molar-refractivity contribution in [3.63, 3.8) is 0 Å². The van der Waals surface area contributed by atoms with Crippen molar-refractivity contribution in [3.05, 3.63) is 53.7 Å². The van der Waals surface area contributed by atoms with Crippen LogP contribution in [0.15, 0.2) is 47.5 Å². The molecule has 1 aromatic carbocycles. The van der Waals surface area contributed by atoms with Gasteiger partial charge in [-0.15, -0.1) is 9.89 Å². The van der Waals surface area contributed by atoms with E-state index in [1.54, 1.807) is 10.8 Å². The molecule has 0 saturated carbocycles. The van der Waals surface area contributed by atoms with E-state index >= 15 is 0 Å². The zero-order valence-corrected chi connectivity index (χ0v) is 16.0. The minimum atomic E-state index is -0.170. The van der Waals surface area contributed by atoms with Gasteiger partial charge in [0.05, 0.1) is 29.9 Å². The summed E-state index contributed by atoms with van der Waals surface area (Å²) in [7, 11) is 0. The molecule has 9 nitrogen and oxygen atoms in total. The fraction of sp³-hybridized carbons (Fsp3) is 0.389. The Morgan fingerprint density at radius 3 is 3.00 bits per heavy atom. The Morgan fingerprint density at radius 1 is 1.25 bits per heavy atom. The topological polar surface area (TPSA) is 65.3 Å². The monoisotopic (exact) mass is 398 g/mol. The van der Waals surface area contributed by atoms with Gasteiger partial charge in [-0.05, 0) is 24.6 Å². The van der Waals surface area contributed by atoms with Gasteiger partial charge in [0.2, 0.25) is 0 Å². The third-order valence-electron chi connectivity index (χ3n) is 5.82. The van der Waals surface area contributed by atoms with Gasteiger partial charge in [0.1, 0.15) is 13.0 Å². The molecule has 28 heavy (non-hydrogen) atoms. The van der Waals surface area contributed by atoms with Gasteiger partial charge in [-0.2, -0.15) is 5.12 Å². The lowest BCUT2D eigenvalue weighted by molar-refractivity contribution is 0.116. The first kappa shape index (κ1) is 16.2. The smallest absolute Gasteiger partial charge is 0.173 e. The van der Waals surface area contributed by atoms with Crippen LogP contribution in [0.3, 0.4) is 0 Å². The van der Waals surface area contributed by atoms with Crippen LogP contribution in [0.2, 0.25) is 0 Å². The highest BCUT2D eigenvalue weighted by Crippen LogP contribution is 2.45. The van der Waals surface area contributed by atoms with Crippen LogP contribution in [0.25, 0.3) is 0 Å². The number of para-hydroxylation sites is 1. The fourth-order valence-electron chi connectivity index (χ4n) is 4.47. The molecule has 4 aliphatic rings. The van der Waals surface area contributed by atoms with Crippen molar-refractivity contribution in [2.45, 2.75) is 31.5 Å². The summed E-state index contributed by atoms with van der Waals surface area (Å²) >= 11 is 6.35. The predicted octanol–water partition coefficient (Wildman–Crippen LogP) is 2.11. The number of nitrogens with zero attached hydrogens (tertiary/aromatic N) is 8. The van der Waals surface area contributed by atoms with Gasteiger partial charge < -0.3 is 9.64 Å². The maximum atomic E-state index is 6.35. The van der Waals surface area contributed by atoms with Gasteiger partial charge in [-0.1, -0.05) is 18.2 Å². The molecule has 3 unspecified atom stereocenters. The van der Waals surface area contributed by atoms with Crippen molar-refractivity contribution in [2.75, 3.05) is 23.3 Å². The summed E-state index contributed by atoms with van der Waals surface area (Å²) in [6, 6.07) is 8.29. The van der Waals surface area contributed by atoms with Gasteiger partial charge >= 0.3 is 0 Å². The summed E-state index contributed by atoms with van der Waals surface area (Å²) in [5, 5.41) is 12.6. The SMILES string of the molecule is CC1OCCC1c1cnnn1N1C=NC2c3ccccc3N3CN(Cl)C=C3N21. The Balaban J connectivity index is 1.45. The number of hydrogen-bond donors (Lipinski definition) is 0. The molecule has 2 aromatic rings. The van der Waals surface area contributed by atoms with Crippen molar-refractivity contribution in [1.29, 1.82) is 0 Å². The summed E-state index contributed by atoms with van der Waals surface area (Å²) in [6.45, 7) is 3.42. The largest absolute Gasteiger partial charge is 0.378 e. The molecule has 144 valence electrons. The van der Waals surface area contributed by atoms with E-state index in [4.69, 9.17) is 21.5 Å². The number of anilines is 1. The average molecular weight is 399 g/mol. The summed E-state index contributed by atoms with van der Waals surface area (Å²) in [5.74, 6) is 1.20. The number of benzene rings is 1. The van der Waals surface area contributed by atoms with Crippen molar-refractivity contribution < 1.29 is 4.74 Å². The maximum absolute atomic E-state index is 6.35. The molecular weight excluding hydrogens is 380 g/mol. The van der Waals surface area contributed by atoms with Crippen LogP contribution < -0.4 is 10.0 Å². The summed E-state index contributed by atoms with van der Waals surface area (Å²) in [6.07, 6.45) is 6.47. The minimum absolute atomic E-state index is 0.134. The maximum Gasteiger partial charge on any atom is 0.173 e. The lowest BCUT2D eigenvalue weighted by atomic mass is 9.99. The number of rotatable bonds is 2. The minimum Gasteiger partial charge on any atom is -0.378 e. The summed E-state index contributed by atoms with van der Waals surface area (Å²) < 4.78 is 7.42. The van der Waals surface area contributed by atoms with Crippen molar-refractivity contribution >= 4 is 23.8 Å². The molecule has 4 aliphatic heterocycles. The Hall–Kier alpha value is -2.78. The van der Waals surface area contributed by atoms with Crippen LogP contribution in [-0.4, -0.2) is 50.2 Å². The Labute approximate surface area is 167 Å². The molecule has 1 saturated heterocycles. The third-order valence-corrected chi connectivity index (χ3v) is 6.02. The standard InChI is InChI=1S/C18H19ClN8O/c1-12-13(6-7-28-12)16-8-21-22-27(16)25-10-20-18-14-4-2-3-5-15(14)24-11-23(19)9-17(24)26(18)25/h2-5,8-10,12-13,18H,6-7,11H2,1H3. The van der Waals surface area contributed by atoms with E-state index < -0.39 is 0 Å². The number of aliphatic imine (C=N–C) groups is 1. The van der Waals surface area contributed by atoms with Crippen LogP contribution in [-0.2, 0) is 4.74 Å². The molecule has 1 fully saturated rings. The molecule has 0 spiro atoms. The molecule has 0 bridgehead atoms. The second-order valence-corrected chi connectivity index (χ2v) is 7.77. The molecule has 0 aliphatic carbocycles. The number of fused-ring (bicyclic) bond motifs is 6. The quantitative estimate of drug-likeness (QED) is 0.718. The van der Waals surface area contributed by atoms with Gasteiger partial charge in [0, 0.05) is 29.9 Å². The molecule has 0 N–H and O–H groups in total. The molecule has 0 radical (unpaired) electrons. The molecule has 6 rings (SSSR count). The lowest BCUT2D eigenvalue weighted by Crippen LogP contribution is -2.52. The average Bonchev–Trinajstić information content (AvgIpc) is 3.46. The molecule has 5 heterocycles. The Bertz CT molecular complexity index is 989. The molecular formula is C18H19ClN8O. The molecule has 0 amide bonds. The normalized spacial score (nSPS) is 27.9. The van der Waals surface area contributed by atoms with Crippen LogP contribution in [0.5, 0.6) is 0 Å². The Morgan fingerprint density at radius 2 is 2.14 bits per heavy atom. The van der Waals surface area contributed by atoms with E-state index in [9.17, 15) is 0 Å². The van der Waals surface area contributed by atoms with E-state index in [-0.39, 0.29) is 18.2 Å². The highest BCUT2D eigenvalue weighted by molar-refractivity contribution is 6.14. The first-order valence-corrected chi connectivity index (χ1v) is 9.71. The van der Waals surface area contributed by atoms with Crippen LogP contribution >= 0.6 is 11.8 Å². The van der Waals surface area contributed by atoms with E-state index in [0.29, 0.717) is 6.67 Å². The van der Waals surface area contributed by atoms with Gasteiger partial charge in [-0.25, -0.2) is 10.0 Å². The van der Waals surface area contributed by atoms with E-state index in [0.717, 1.165) is 35.8 Å². The van der Waals surface area contributed by atoms with E-state index in [1.165, 1.54) is 0 Å². The van der Waals surface area contributed by atoms with Gasteiger partial charge in [-0.3, -0.25) is 4.42 Å². The zero-order valence-electron chi connectivity index (χ0n) is 15.3. The first-order chi connectivity index (χ1) is 13.7. The predicted molar refractivity (Wildman–Crippen MR) is 104 cm³/mol. The number of ether oxygens (including phenoxy) is 1. The second-order valence-electron chi connectivity index (χ2n) is 7.34. The lowest BCUT2D eigenvalue weighted by Gasteiger charge is -2.42. The highest BCUT2D eigenvalue weighted by atomic mass is 35.5. The second kappa shape index (κ2) is 5.86. The number of halogens is 1. The first-order valence-electron chi connectivity index (χ1n) is 9.37. The molecule has 10 heteroatoms. The van der Waals surface area contributed by atoms with Crippen LogP contribution in [0, 0.1) is 0 Å². The molecule has 3 atom stereocenters. The molecule has 1 aromatic heterocycles. The van der Waals surface area contributed by atoms with E-state index in [1.807, 2.05) is 34.4 Å². The van der Waals surface area contributed by atoms with Crippen molar-refractivity contribution in [3.8, 4) is 0 Å². The number of hydrogen-bond acceptors (Lipinski definition) is 8. The van der Waals surface area contributed by atoms with Crippen LogP contribution in [0.4, 0.5) is 5.69 Å². The highest BCUT2D eigenvalue weighted by Gasteiger charge is 2.45. The third kappa shape index (κ3) is 2.14. The fourth-order valence-corrected chi connectivity index (χ4v) is 4.67. The number of hydrazine groups is 1. The van der Waals surface area contributed by atoms with Crippen molar-refractivity contribution in [2.24, 2.45) is 4.99 Å². The van der Waals surface area contributed by atoms with Gasteiger partial charge in [0.15, 0.2) is 12.0 Å². The summed E-state index contributed by atoms with van der Waals surface area (Å²) in [5.41, 5.74) is 3.27. The van der Waals surface area contributed by atoms with Crippen molar-refractivity contribution in [1.82, 2.24) is 24.5 Å². The summed E-state index contributed by atoms with van der Waals surface area (Å²) in [4.78, 5) is 8.79. The van der Waals surface area contributed by atoms with E-state index in [2.05, 4.69) is 39.3 Å². The Kier molecular flexibility index (Phi) is 3.39.